The molecule has 5 nitrogen and oxygen atoms in total. The van der Waals surface area contributed by atoms with Crippen LogP contribution in [0.3, 0.4) is 0 Å². The summed E-state index contributed by atoms with van der Waals surface area (Å²) in [5.74, 6) is 0.318. The van der Waals surface area contributed by atoms with Crippen LogP contribution in [-0.2, 0) is 11.3 Å². The Morgan fingerprint density at radius 3 is 3.00 bits per heavy atom. The molecule has 1 aromatic heterocycles. The summed E-state index contributed by atoms with van der Waals surface area (Å²) in [6.45, 7) is 3.89. The van der Waals surface area contributed by atoms with Gasteiger partial charge in [0.2, 0.25) is 0 Å². The van der Waals surface area contributed by atoms with E-state index >= 15 is 0 Å². The van der Waals surface area contributed by atoms with Gasteiger partial charge < -0.3 is 0 Å². The van der Waals surface area contributed by atoms with Gasteiger partial charge in [-0.3, -0.25) is 9.48 Å². The van der Waals surface area contributed by atoms with Gasteiger partial charge in [0.05, 0.1) is 11.4 Å². The van der Waals surface area contributed by atoms with Crippen molar-refractivity contribution in [3.8, 4) is 0 Å². The van der Waals surface area contributed by atoms with Crippen LogP contribution < -0.4 is 5.43 Å². The van der Waals surface area contributed by atoms with Crippen LogP contribution in [0.2, 0.25) is 0 Å². The van der Waals surface area contributed by atoms with Gasteiger partial charge in [0, 0.05) is 28.3 Å². The number of hydrogen-bond donors (Lipinski definition) is 1. The maximum atomic E-state index is 13.4. The van der Waals surface area contributed by atoms with E-state index < -0.39 is 0 Å². The van der Waals surface area contributed by atoms with E-state index in [-0.39, 0.29) is 18.3 Å². The molecular weight excluding hydrogens is 315 g/mol. The van der Waals surface area contributed by atoms with E-state index in [1.807, 2.05) is 19.9 Å². The normalized spacial score (nSPS) is 15.5. The van der Waals surface area contributed by atoms with E-state index in [1.165, 1.54) is 12.1 Å². The minimum Gasteiger partial charge on any atom is -0.271 e. The molecule has 0 atom stereocenters. The number of nitrogens with one attached hydrogen (secondary N) is 1. The first-order valence-electron chi connectivity index (χ1n) is 7.32. The number of carbonyl (C=O) groups excluding carboxylic acids is 1. The lowest BCUT2D eigenvalue weighted by atomic mass is 10.1. The van der Waals surface area contributed by atoms with Crippen LogP contribution in [-0.4, -0.2) is 27.2 Å². The van der Waals surface area contributed by atoms with Gasteiger partial charge in [-0.1, -0.05) is 0 Å². The number of fused-ring (bicyclic) bond motifs is 1. The summed E-state index contributed by atoms with van der Waals surface area (Å²) >= 11 is 1.67. The highest BCUT2D eigenvalue weighted by molar-refractivity contribution is 7.99. The summed E-state index contributed by atoms with van der Waals surface area (Å²) in [5, 5.41) is 8.44. The third-order valence-corrected chi connectivity index (χ3v) is 4.64. The summed E-state index contributed by atoms with van der Waals surface area (Å²) in [6, 6.07) is 6.57. The highest BCUT2D eigenvalue weighted by atomic mass is 32.2. The number of nitrogens with zero attached hydrogens (tertiary/aromatic N) is 3. The highest BCUT2D eigenvalue weighted by Gasteiger charge is 2.17. The lowest BCUT2D eigenvalue weighted by Crippen LogP contribution is -2.26. The number of aromatic nitrogens is 2. The summed E-state index contributed by atoms with van der Waals surface area (Å²) in [4.78, 5) is 13.0. The van der Waals surface area contributed by atoms with Crippen molar-refractivity contribution in [1.82, 2.24) is 15.2 Å². The van der Waals surface area contributed by atoms with Gasteiger partial charge in [0.1, 0.15) is 12.4 Å². The third kappa shape index (κ3) is 3.61. The maximum Gasteiger partial charge on any atom is 0.261 e. The zero-order chi connectivity index (χ0) is 16.4. The molecule has 0 spiro atoms. The number of benzene rings is 1. The van der Waals surface area contributed by atoms with Gasteiger partial charge in [-0.15, -0.1) is 11.8 Å². The molecule has 2 heterocycles. The molecule has 0 saturated heterocycles. The largest absolute Gasteiger partial charge is 0.271 e. The molecule has 1 aromatic carbocycles. The minimum atomic E-state index is -0.298. The number of amides is 1. The third-order valence-electron chi connectivity index (χ3n) is 3.56. The average molecular weight is 332 g/mol. The fraction of sp³-hybridized carbons (Fsp3) is 0.312. The zero-order valence-corrected chi connectivity index (χ0v) is 13.8. The molecule has 0 saturated carbocycles. The second kappa shape index (κ2) is 6.54. The van der Waals surface area contributed by atoms with E-state index in [4.69, 9.17) is 0 Å². The molecule has 3 rings (SSSR count). The van der Waals surface area contributed by atoms with Crippen LogP contribution in [0.25, 0.3) is 0 Å². The second-order valence-electron chi connectivity index (χ2n) is 5.42. The predicted octanol–water partition coefficient (Wildman–Crippen LogP) is 2.66. The van der Waals surface area contributed by atoms with Crippen LogP contribution in [0, 0.1) is 19.7 Å². The molecule has 1 aliphatic heterocycles. The van der Waals surface area contributed by atoms with Crippen LogP contribution in [0.15, 0.2) is 34.3 Å². The average Bonchev–Trinajstić information content (AvgIpc) is 2.82. The smallest absolute Gasteiger partial charge is 0.261 e. The number of hydrogen-bond acceptors (Lipinski definition) is 4. The fourth-order valence-corrected chi connectivity index (χ4v) is 3.51. The summed E-state index contributed by atoms with van der Waals surface area (Å²) in [5.41, 5.74) is 5.81. The molecule has 0 bridgehead atoms. The van der Waals surface area contributed by atoms with E-state index in [0.717, 1.165) is 27.6 Å². The number of halogens is 1. The van der Waals surface area contributed by atoms with Crippen LogP contribution >= 0.6 is 11.8 Å². The van der Waals surface area contributed by atoms with Crippen molar-refractivity contribution >= 4 is 23.4 Å². The van der Waals surface area contributed by atoms with E-state index in [0.29, 0.717) is 12.1 Å². The molecule has 2 aromatic rings. The Hall–Kier alpha value is -2.15. The van der Waals surface area contributed by atoms with Crippen molar-refractivity contribution in [2.75, 3.05) is 5.75 Å². The van der Waals surface area contributed by atoms with Crippen LogP contribution in [0.4, 0.5) is 4.39 Å². The van der Waals surface area contributed by atoms with E-state index in [1.54, 1.807) is 22.5 Å². The Bertz CT molecular complexity index is 784. The van der Waals surface area contributed by atoms with Gasteiger partial charge in [0.25, 0.3) is 5.91 Å². The first-order valence-corrected chi connectivity index (χ1v) is 8.30. The summed E-state index contributed by atoms with van der Waals surface area (Å²) in [6.07, 6.45) is 0.696. The molecule has 1 amide bonds. The fourth-order valence-electron chi connectivity index (χ4n) is 2.50. The van der Waals surface area contributed by atoms with Crippen LogP contribution in [0.1, 0.15) is 23.4 Å². The standard InChI is InChI=1S/C16H17FN4OS/c1-10-7-11(2)21(20-10)9-16(22)19-18-14-5-6-23-15-4-3-12(17)8-13(14)15/h3-4,7-8H,5-6,9H2,1-2H3,(H,19,22)/b18-14-. The lowest BCUT2D eigenvalue weighted by Gasteiger charge is -2.17. The van der Waals surface area contributed by atoms with Gasteiger partial charge in [-0.2, -0.15) is 10.2 Å². The number of carbonyl (C=O) groups is 1. The summed E-state index contributed by atoms with van der Waals surface area (Å²) < 4.78 is 15.1. The molecule has 7 heteroatoms. The van der Waals surface area contributed by atoms with Gasteiger partial charge in [0.15, 0.2) is 0 Å². The molecule has 0 unspecified atom stereocenters. The van der Waals surface area contributed by atoms with Crippen molar-refractivity contribution in [2.24, 2.45) is 5.10 Å². The highest BCUT2D eigenvalue weighted by Crippen LogP contribution is 2.30. The zero-order valence-electron chi connectivity index (χ0n) is 13.0. The molecular formula is C16H17FN4OS. The Morgan fingerprint density at radius 1 is 1.43 bits per heavy atom. The van der Waals surface area contributed by atoms with Crippen molar-refractivity contribution in [1.29, 1.82) is 0 Å². The monoisotopic (exact) mass is 332 g/mol. The molecule has 0 aliphatic carbocycles. The second-order valence-corrected chi connectivity index (χ2v) is 6.55. The van der Waals surface area contributed by atoms with Gasteiger partial charge >= 0.3 is 0 Å². The summed E-state index contributed by atoms with van der Waals surface area (Å²) in [7, 11) is 0. The first kappa shape index (κ1) is 15.7. The van der Waals surface area contributed by atoms with Crippen molar-refractivity contribution in [2.45, 2.75) is 31.7 Å². The number of rotatable bonds is 3. The molecule has 1 N–H and O–H groups in total. The molecule has 0 radical (unpaired) electrons. The maximum absolute atomic E-state index is 13.4. The quantitative estimate of drug-likeness (QED) is 0.879. The van der Waals surface area contributed by atoms with Gasteiger partial charge in [-0.05, 0) is 38.1 Å². The lowest BCUT2D eigenvalue weighted by molar-refractivity contribution is -0.121. The van der Waals surface area contributed by atoms with Gasteiger partial charge in [-0.25, -0.2) is 9.82 Å². The van der Waals surface area contributed by atoms with Crippen LogP contribution in [0.5, 0.6) is 0 Å². The number of thioether (sulfide) groups is 1. The first-order chi connectivity index (χ1) is 11.0. The molecule has 1 aliphatic rings. The Kier molecular flexibility index (Phi) is 4.47. The Balaban J connectivity index is 1.72. The Labute approximate surface area is 138 Å². The molecule has 0 fully saturated rings. The SMILES string of the molecule is Cc1cc(C)n(CC(=O)N/N=C2/CCSc3ccc(F)cc32)n1. The number of aryl methyl sites for hydroxylation is 2. The van der Waals surface area contributed by atoms with Crippen molar-refractivity contribution < 1.29 is 9.18 Å². The van der Waals surface area contributed by atoms with E-state index in [2.05, 4.69) is 15.6 Å². The topological polar surface area (TPSA) is 59.3 Å². The minimum absolute atomic E-state index is 0.112. The molecule has 23 heavy (non-hydrogen) atoms. The molecule has 120 valence electrons. The Morgan fingerprint density at radius 2 is 2.26 bits per heavy atom. The van der Waals surface area contributed by atoms with Crippen molar-refractivity contribution in [3.63, 3.8) is 0 Å². The van der Waals surface area contributed by atoms with E-state index in [9.17, 15) is 9.18 Å². The predicted molar refractivity (Wildman–Crippen MR) is 88.1 cm³/mol. The number of hydrazone groups is 1. The van der Waals surface area contributed by atoms with Crippen molar-refractivity contribution in [3.05, 3.63) is 47.0 Å².